The first kappa shape index (κ1) is 17.3. The summed E-state index contributed by atoms with van der Waals surface area (Å²) in [6, 6.07) is 8.36. The first-order valence-electron chi connectivity index (χ1n) is 9.39. The normalized spacial score (nSPS) is 23.8. The van der Waals surface area contributed by atoms with Crippen molar-refractivity contribution in [3.63, 3.8) is 0 Å². The number of rotatable bonds is 5. The molecule has 2 fully saturated rings. The Balaban J connectivity index is 1.61. The van der Waals surface area contributed by atoms with Crippen LogP contribution in [-0.4, -0.2) is 43.0 Å². The van der Waals surface area contributed by atoms with Crippen molar-refractivity contribution >= 4 is 11.6 Å². The molecule has 2 aliphatic rings. The maximum absolute atomic E-state index is 13.0. The molecule has 1 atom stereocenters. The molecule has 0 aromatic heterocycles. The van der Waals surface area contributed by atoms with Crippen LogP contribution < -0.4 is 10.6 Å². The highest BCUT2D eigenvalue weighted by Crippen LogP contribution is 2.33. The highest BCUT2D eigenvalue weighted by atomic mass is 16.2. The maximum atomic E-state index is 13.0. The van der Waals surface area contributed by atoms with E-state index in [1.165, 1.54) is 24.9 Å². The van der Waals surface area contributed by atoms with Gasteiger partial charge in [-0.3, -0.25) is 4.79 Å². The molecule has 0 spiro atoms. The number of benzene rings is 1. The fraction of sp³-hybridized carbons (Fsp3) is 0.650. The molecule has 0 bridgehead atoms. The third-order valence-electron chi connectivity index (χ3n) is 5.60. The summed E-state index contributed by atoms with van der Waals surface area (Å²) in [5, 5.41) is 6.81. The van der Waals surface area contributed by atoms with Crippen molar-refractivity contribution in [3.8, 4) is 0 Å². The smallest absolute Gasteiger partial charge is 0.245 e. The fourth-order valence-electron chi connectivity index (χ4n) is 4.15. The van der Waals surface area contributed by atoms with Gasteiger partial charge in [-0.2, -0.15) is 0 Å². The number of nitrogens with zero attached hydrogens (tertiary/aromatic N) is 1. The van der Waals surface area contributed by atoms with Crippen molar-refractivity contribution in [2.24, 2.45) is 5.92 Å². The van der Waals surface area contributed by atoms with Gasteiger partial charge in [0.15, 0.2) is 0 Å². The van der Waals surface area contributed by atoms with Crippen LogP contribution in [0.4, 0.5) is 5.69 Å². The van der Waals surface area contributed by atoms with E-state index in [2.05, 4.69) is 53.8 Å². The van der Waals surface area contributed by atoms with Gasteiger partial charge in [0.2, 0.25) is 5.91 Å². The largest absolute Gasteiger partial charge is 0.371 e. The summed E-state index contributed by atoms with van der Waals surface area (Å²) in [4.78, 5) is 15.3. The summed E-state index contributed by atoms with van der Waals surface area (Å²) in [6.45, 7) is 5.17. The topological polar surface area (TPSA) is 44.4 Å². The molecule has 24 heavy (non-hydrogen) atoms. The molecular formula is C20H31N3O. The first-order valence-corrected chi connectivity index (χ1v) is 9.39. The van der Waals surface area contributed by atoms with Gasteiger partial charge in [0.1, 0.15) is 5.54 Å². The lowest BCUT2D eigenvalue weighted by Gasteiger charge is -2.33. The molecule has 0 radical (unpaired) electrons. The second-order valence-corrected chi connectivity index (χ2v) is 7.76. The van der Waals surface area contributed by atoms with E-state index in [0.29, 0.717) is 5.92 Å². The molecule has 1 aliphatic heterocycles. The molecule has 1 saturated carbocycles. The van der Waals surface area contributed by atoms with Gasteiger partial charge in [-0.15, -0.1) is 0 Å². The van der Waals surface area contributed by atoms with E-state index in [4.69, 9.17) is 0 Å². The molecule has 1 saturated heterocycles. The Kier molecular flexibility index (Phi) is 5.44. The predicted molar refractivity (Wildman–Crippen MR) is 99.2 cm³/mol. The number of hydrogen-bond donors (Lipinski definition) is 2. The zero-order chi connectivity index (χ0) is 17.0. The lowest BCUT2D eigenvalue weighted by atomic mass is 9.94. The van der Waals surface area contributed by atoms with Gasteiger partial charge in [-0.25, -0.2) is 0 Å². The van der Waals surface area contributed by atoms with Gasteiger partial charge < -0.3 is 15.5 Å². The van der Waals surface area contributed by atoms with E-state index in [0.717, 1.165) is 44.5 Å². The van der Waals surface area contributed by atoms with E-state index < -0.39 is 5.54 Å². The SMILES string of the molecule is Cc1ccc(NC2(C(=O)NC[C@@H]3CCCN(C)C3)CCCC2)cc1. The second-order valence-electron chi connectivity index (χ2n) is 7.76. The molecule has 1 heterocycles. The molecule has 1 aromatic carbocycles. The molecule has 2 N–H and O–H groups in total. The molecule has 3 rings (SSSR count). The number of aryl methyl sites for hydroxylation is 1. The van der Waals surface area contributed by atoms with Crippen LogP contribution in [0.1, 0.15) is 44.1 Å². The fourth-order valence-corrected chi connectivity index (χ4v) is 4.15. The predicted octanol–water partition coefficient (Wildman–Crippen LogP) is 3.18. The van der Waals surface area contributed by atoms with Crippen LogP contribution in [0.3, 0.4) is 0 Å². The average Bonchev–Trinajstić information content (AvgIpc) is 3.05. The second kappa shape index (κ2) is 7.56. The minimum Gasteiger partial charge on any atom is -0.371 e. The summed E-state index contributed by atoms with van der Waals surface area (Å²) in [5.41, 5.74) is 1.87. The van der Waals surface area contributed by atoms with Crippen molar-refractivity contribution in [1.29, 1.82) is 0 Å². The molecule has 4 heteroatoms. The number of carbonyl (C=O) groups is 1. The minimum absolute atomic E-state index is 0.189. The number of likely N-dealkylation sites (tertiary alicyclic amines) is 1. The number of piperidine rings is 1. The molecule has 1 aliphatic carbocycles. The number of nitrogens with one attached hydrogen (secondary N) is 2. The van der Waals surface area contributed by atoms with Gasteiger partial charge in [0.05, 0.1) is 0 Å². The van der Waals surface area contributed by atoms with E-state index >= 15 is 0 Å². The third kappa shape index (κ3) is 4.10. The summed E-state index contributed by atoms with van der Waals surface area (Å²) in [6.07, 6.45) is 6.57. The Morgan fingerprint density at radius 1 is 1.21 bits per heavy atom. The number of anilines is 1. The van der Waals surface area contributed by atoms with Crippen LogP contribution in [0, 0.1) is 12.8 Å². The summed E-state index contributed by atoms with van der Waals surface area (Å²) in [7, 11) is 2.17. The minimum atomic E-state index is -0.421. The standard InChI is InChI=1S/C20H31N3O/c1-16-7-9-18(10-8-16)22-20(11-3-4-12-20)19(24)21-14-17-6-5-13-23(2)15-17/h7-10,17,22H,3-6,11-15H2,1-2H3,(H,21,24)/t17-/m0/s1. The Labute approximate surface area is 146 Å². The van der Waals surface area contributed by atoms with Crippen LogP contribution in [0.25, 0.3) is 0 Å². The van der Waals surface area contributed by atoms with E-state index in [1.54, 1.807) is 0 Å². The Morgan fingerprint density at radius 3 is 2.58 bits per heavy atom. The van der Waals surface area contributed by atoms with Crippen LogP contribution in [0.2, 0.25) is 0 Å². The highest BCUT2D eigenvalue weighted by Gasteiger charge is 2.41. The van der Waals surface area contributed by atoms with Gasteiger partial charge in [0.25, 0.3) is 0 Å². The van der Waals surface area contributed by atoms with Crippen LogP contribution >= 0.6 is 0 Å². The average molecular weight is 329 g/mol. The Morgan fingerprint density at radius 2 is 1.92 bits per heavy atom. The lowest BCUT2D eigenvalue weighted by molar-refractivity contribution is -0.125. The summed E-state index contributed by atoms with van der Waals surface area (Å²) >= 11 is 0. The highest BCUT2D eigenvalue weighted by molar-refractivity contribution is 5.89. The van der Waals surface area contributed by atoms with E-state index in [-0.39, 0.29) is 5.91 Å². The molecular weight excluding hydrogens is 298 g/mol. The molecule has 132 valence electrons. The third-order valence-corrected chi connectivity index (χ3v) is 5.60. The molecule has 0 unspecified atom stereocenters. The van der Waals surface area contributed by atoms with Crippen LogP contribution in [-0.2, 0) is 4.79 Å². The van der Waals surface area contributed by atoms with Gasteiger partial charge >= 0.3 is 0 Å². The Bertz CT molecular complexity index is 549. The van der Waals surface area contributed by atoms with Gasteiger partial charge in [-0.05, 0) is 64.3 Å². The molecule has 1 amide bonds. The summed E-state index contributed by atoms with van der Waals surface area (Å²) < 4.78 is 0. The van der Waals surface area contributed by atoms with E-state index in [1.807, 2.05) is 0 Å². The van der Waals surface area contributed by atoms with Crippen LogP contribution in [0.15, 0.2) is 24.3 Å². The van der Waals surface area contributed by atoms with Gasteiger partial charge in [-0.1, -0.05) is 30.5 Å². The monoisotopic (exact) mass is 329 g/mol. The number of carbonyl (C=O) groups excluding carboxylic acids is 1. The van der Waals surface area contributed by atoms with Crippen molar-refractivity contribution in [1.82, 2.24) is 10.2 Å². The van der Waals surface area contributed by atoms with Crippen molar-refractivity contribution < 1.29 is 4.79 Å². The number of amides is 1. The van der Waals surface area contributed by atoms with Crippen molar-refractivity contribution in [3.05, 3.63) is 29.8 Å². The van der Waals surface area contributed by atoms with Gasteiger partial charge in [0, 0.05) is 18.8 Å². The Hall–Kier alpha value is -1.55. The van der Waals surface area contributed by atoms with Crippen molar-refractivity contribution in [2.75, 3.05) is 32.0 Å². The van der Waals surface area contributed by atoms with Crippen molar-refractivity contribution in [2.45, 2.75) is 51.0 Å². The first-order chi connectivity index (χ1) is 11.6. The zero-order valence-corrected chi connectivity index (χ0v) is 15.1. The molecule has 1 aromatic rings. The zero-order valence-electron chi connectivity index (χ0n) is 15.1. The summed E-state index contributed by atoms with van der Waals surface area (Å²) in [5.74, 6) is 0.777. The van der Waals surface area contributed by atoms with Crippen LogP contribution in [0.5, 0.6) is 0 Å². The maximum Gasteiger partial charge on any atom is 0.245 e. The number of hydrogen-bond acceptors (Lipinski definition) is 3. The van der Waals surface area contributed by atoms with E-state index in [9.17, 15) is 4.79 Å². The lowest BCUT2D eigenvalue weighted by Crippen LogP contribution is -2.52. The quantitative estimate of drug-likeness (QED) is 0.872. The molecule has 4 nitrogen and oxygen atoms in total.